The molecule has 0 atom stereocenters. The van der Waals surface area contributed by atoms with E-state index in [1.807, 2.05) is 24.3 Å². The van der Waals surface area contributed by atoms with Gasteiger partial charge in [-0.05, 0) is 55.3 Å². The number of benzene rings is 2. The molecule has 0 aliphatic heterocycles. The van der Waals surface area contributed by atoms with E-state index in [0.717, 1.165) is 29.7 Å². The molecular weight excluding hydrogens is 414 g/mol. The maximum absolute atomic E-state index is 12.4. The Kier molecular flexibility index (Phi) is 6.59. The number of hydrogen-bond acceptors (Lipinski definition) is 5. The van der Waals surface area contributed by atoms with Crippen LogP contribution in [0, 0.1) is 17.8 Å². The van der Waals surface area contributed by atoms with E-state index >= 15 is 0 Å². The Morgan fingerprint density at radius 1 is 1.16 bits per heavy atom. The van der Waals surface area contributed by atoms with Crippen LogP contribution < -0.4 is 4.74 Å². The lowest BCUT2D eigenvalue weighted by Crippen LogP contribution is -2.05. The molecule has 1 saturated carbocycles. The fraction of sp³-hybridized carbons (Fsp3) is 0.280. The maximum Gasteiger partial charge on any atom is 0.338 e. The molecule has 0 radical (unpaired) electrons. The number of rotatable bonds is 5. The van der Waals surface area contributed by atoms with Crippen LogP contribution >= 0.6 is 11.6 Å². The first kappa shape index (κ1) is 21.0. The number of aromatic nitrogens is 1. The summed E-state index contributed by atoms with van der Waals surface area (Å²) >= 11 is 6.32. The summed E-state index contributed by atoms with van der Waals surface area (Å²) in [5.41, 5.74) is 2.63. The van der Waals surface area contributed by atoms with Crippen molar-refractivity contribution in [3.8, 4) is 28.8 Å². The van der Waals surface area contributed by atoms with Crippen molar-refractivity contribution in [2.75, 3.05) is 7.11 Å². The van der Waals surface area contributed by atoms with Crippen LogP contribution in [0.4, 0.5) is 0 Å². The van der Waals surface area contributed by atoms with Gasteiger partial charge in [0.2, 0.25) is 0 Å². The summed E-state index contributed by atoms with van der Waals surface area (Å²) in [5, 5.41) is 4.47. The maximum atomic E-state index is 12.4. The highest BCUT2D eigenvalue weighted by molar-refractivity contribution is 6.32. The molecule has 5 nitrogen and oxygen atoms in total. The first-order valence-corrected chi connectivity index (χ1v) is 10.6. The van der Waals surface area contributed by atoms with E-state index in [0.29, 0.717) is 28.0 Å². The molecule has 6 heteroatoms. The molecule has 1 aromatic heterocycles. The van der Waals surface area contributed by atoms with Crippen LogP contribution in [-0.2, 0) is 11.3 Å². The summed E-state index contributed by atoms with van der Waals surface area (Å²) in [6.45, 7) is -0.0250. The molecule has 0 bridgehead atoms. The standard InChI is InChI=1S/C25H22ClNO4/c1-29-21-12-10-19(11-13-21)24-15-22(31-27-24)16-30-25(28)20-9-8-18(23(26)14-20)7-6-17-4-2-3-5-17/h8-15,17H,2-5,16H2,1H3. The number of methoxy groups -OCH3 is 1. The highest BCUT2D eigenvalue weighted by Gasteiger charge is 2.14. The van der Waals surface area contributed by atoms with Gasteiger partial charge in [-0.25, -0.2) is 4.79 Å². The average Bonchev–Trinajstić information content (AvgIpc) is 3.49. The van der Waals surface area contributed by atoms with E-state index in [4.69, 9.17) is 25.6 Å². The molecule has 0 saturated heterocycles. The zero-order chi connectivity index (χ0) is 21.6. The third kappa shape index (κ3) is 5.28. The van der Waals surface area contributed by atoms with E-state index in [1.165, 1.54) is 12.8 Å². The predicted molar refractivity (Wildman–Crippen MR) is 118 cm³/mol. The van der Waals surface area contributed by atoms with E-state index < -0.39 is 5.97 Å². The highest BCUT2D eigenvalue weighted by Crippen LogP contribution is 2.25. The minimum Gasteiger partial charge on any atom is -0.497 e. The Morgan fingerprint density at radius 2 is 1.94 bits per heavy atom. The van der Waals surface area contributed by atoms with Crippen molar-refractivity contribution in [3.05, 3.63) is 70.4 Å². The van der Waals surface area contributed by atoms with Crippen LogP contribution in [0.25, 0.3) is 11.3 Å². The van der Waals surface area contributed by atoms with Crippen molar-refractivity contribution >= 4 is 17.6 Å². The van der Waals surface area contributed by atoms with Gasteiger partial charge >= 0.3 is 5.97 Å². The smallest absolute Gasteiger partial charge is 0.338 e. The Hall–Kier alpha value is -3.23. The third-order valence-corrected chi connectivity index (χ3v) is 5.57. The Morgan fingerprint density at radius 3 is 2.65 bits per heavy atom. The fourth-order valence-corrected chi connectivity index (χ4v) is 3.72. The molecule has 0 amide bonds. The summed E-state index contributed by atoms with van der Waals surface area (Å²) in [5.74, 6) is 7.59. The Balaban J connectivity index is 1.36. The zero-order valence-electron chi connectivity index (χ0n) is 17.2. The van der Waals surface area contributed by atoms with Gasteiger partial charge in [0.25, 0.3) is 0 Å². The molecule has 1 fully saturated rings. The number of ether oxygens (including phenoxy) is 2. The summed E-state index contributed by atoms with van der Waals surface area (Å²) in [4.78, 5) is 12.4. The molecular formula is C25H22ClNO4. The molecule has 31 heavy (non-hydrogen) atoms. The van der Waals surface area contributed by atoms with Crippen LogP contribution in [-0.4, -0.2) is 18.2 Å². The number of halogens is 1. The molecule has 0 N–H and O–H groups in total. The van der Waals surface area contributed by atoms with Crippen molar-refractivity contribution < 1.29 is 18.8 Å². The van der Waals surface area contributed by atoms with Gasteiger partial charge in [-0.2, -0.15) is 0 Å². The van der Waals surface area contributed by atoms with Crippen LogP contribution in [0.2, 0.25) is 5.02 Å². The largest absolute Gasteiger partial charge is 0.497 e. The van der Waals surface area contributed by atoms with E-state index in [2.05, 4.69) is 17.0 Å². The average molecular weight is 436 g/mol. The van der Waals surface area contributed by atoms with Gasteiger partial charge in [0.05, 0.1) is 17.7 Å². The Labute approximate surface area is 186 Å². The van der Waals surface area contributed by atoms with Crippen molar-refractivity contribution in [3.63, 3.8) is 0 Å². The second-order valence-electron chi connectivity index (χ2n) is 7.43. The van der Waals surface area contributed by atoms with E-state index in [-0.39, 0.29) is 6.61 Å². The number of esters is 1. The molecule has 4 rings (SSSR count). The van der Waals surface area contributed by atoms with Crippen molar-refractivity contribution in [1.29, 1.82) is 0 Å². The normalized spacial score (nSPS) is 13.5. The van der Waals surface area contributed by atoms with Crippen molar-refractivity contribution in [2.24, 2.45) is 5.92 Å². The van der Waals surface area contributed by atoms with Crippen molar-refractivity contribution in [2.45, 2.75) is 32.3 Å². The lowest BCUT2D eigenvalue weighted by atomic mass is 10.1. The quantitative estimate of drug-likeness (QED) is 0.368. The lowest BCUT2D eigenvalue weighted by Gasteiger charge is -2.04. The molecule has 158 valence electrons. The first-order valence-electron chi connectivity index (χ1n) is 10.2. The summed E-state index contributed by atoms with van der Waals surface area (Å²) in [7, 11) is 1.61. The monoisotopic (exact) mass is 435 g/mol. The van der Waals surface area contributed by atoms with Gasteiger partial charge in [-0.1, -0.05) is 41.4 Å². The summed E-state index contributed by atoms with van der Waals surface area (Å²) in [6.07, 6.45) is 4.78. The van der Waals surface area contributed by atoms with Crippen molar-refractivity contribution in [1.82, 2.24) is 5.16 Å². The predicted octanol–water partition coefficient (Wildman–Crippen LogP) is 5.90. The van der Waals surface area contributed by atoms with E-state index in [9.17, 15) is 4.79 Å². The fourth-order valence-electron chi connectivity index (χ4n) is 3.49. The number of carbonyl (C=O) groups is 1. The molecule has 1 aliphatic rings. The lowest BCUT2D eigenvalue weighted by molar-refractivity contribution is 0.0437. The van der Waals surface area contributed by atoms with Gasteiger partial charge in [-0.15, -0.1) is 0 Å². The van der Waals surface area contributed by atoms with Crippen LogP contribution in [0.5, 0.6) is 5.75 Å². The minimum absolute atomic E-state index is 0.0250. The number of hydrogen-bond donors (Lipinski definition) is 0. The zero-order valence-corrected chi connectivity index (χ0v) is 17.9. The van der Waals surface area contributed by atoms with Crippen LogP contribution in [0.15, 0.2) is 53.1 Å². The highest BCUT2D eigenvalue weighted by atomic mass is 35.5. The molecule has 1 aliphatic carbocycles. The Bertz CT molecular complexity index is 1120. The second kappa shape index (κ2) is 9.72. The number of nitrogens with zero attached hydrogens (tertiary/aromatic N) is 1. The topological polar surface area (TPSA) is 61.6 Å². The third-order valence-electron chi connectivity index (χ3n) is 5.26. The van der Waals surface area contributed by atoms with Gasteiger partial charge in [0.15, 0.2) is 12.4 Å². The molecule has 0 unspecified atom stereocenters. The molecule has 3 aromatic rings. The van der Waals surface area contributed by atoms with E-state index in [1.54, 1.807) is 31.4 Å². The van der Waals surface area contributed by atoms with Crippen LogP contribution in [0.1, 0.15) is 47.4 Å². The van der Waals surface area contributed by atoms with Gasteiger partial charge < -0.3 is 14.0 Å². The SMILES string of the molecule is COc1ccc(-c2cc(COC(=O)c3ccc(C#CC4CCCC4)c(Cl)c3)on2)cc1. The molecule has 0 spiro atoms. The van der Waals surface area contributed by atoms with Gasteiger partial charge in [-0.3, -0.25) is 0 Å². The molecule has 2 aromatic carbocycles. The first-order chi connectivity index (χ1) is 15.1. The van der Waals surface area contributed by atoms with Crippen LogP contribution in [0.3, 0.4) is 0 Å². The summed E-state index contributed by atoms with van der Waals surface area (Å²) < 4.78 is 15.8. The summed E-state index contributed by atoms with van der Waals surface area (Å²) in [6, 6.07) is 14.2. The minimum atomic E-state index is -0.486. The number of carbonyl (C=O) groups excluding carboxylic acids is 1. The molecule has 1 heterocycles. The second-order valence-corrected chi connectivity index (χ2v) is 7.84. The van der Waals surface area contributed by atoms with Gasteiger partial charge in [0.1, 0.15) is 11.4 Å². The van der Waals surface area contributed by atoms with Gasteiger partial charge in [0, 0.05) is 23.1 Å².